The van der Waals surface area contributed by atoms with E-state index in [1.54, 1.807) is 0 Å². The molecule has 1 aromatic rings. The number of rotatable bonds is 5. The average molecular weight is 384 g/mol. The maximum atomic E-state index is 12.3. The van der Waals surface area contributed by atoms with Gasteiger partial charge in [-0.1, -0.05) is 0 Å². The van der Waals surface area contributed by atoms with E-state index in [4.69, 9.17) is 19.9 Å². The minimum atomic E-state index is -1.23. The number of nitrogens with two attached hydrogens (primary N) is 1. The van der Waals surface area contributed by atoms with Crippen LogP contribution in [0, 0.1) is 0 Å². The SMILES string of the molecule is C[C@@H](N)C(=O)ONc1ccn([C@@H]2O[C@H](CO)[C@H]3OC(=O)C(=O)O[C@H]32)c(=O)n1. The Hall–Kier alpha value is -3.03. The molecule has 27 heavy (non-hydrogen) atoms. The lowest BCUT2D eigenvalue weighted by molar-refractivity contribution is -0.195. The fourth-order valence-electron chi connectivity index (χ4n) is 2.55. The molecule has 0 amide bonds. The van der Waals surface area contributed by atoms with Gasteiger partial charge in [0.15, 0.2) is 24.3 Å². The van der Waals surface area contributed by atoms with E-state index in [-0.39, 0.29) is 5.82 Å². The van der Waals surface area contributed by atoms with Crippen molar-refractivity contribution in [2.45, 2.75) is 37.5 Å². The molecule has 13 heteroatoms. The van der Waals surface area contributed by atoms with Crippen LogP contribution in [0.3, 0.4) is 0 Å². The Labute approximate surface area is 150 Å². The van der Waals surface area contributed by atoms with Crippen molar-refractivity contribution in [1.29, 1.82) is 0 Å². The zero-order valence-corrected chi connectivity index (χ0v) is 13.9. The lowest BCUT2D eigenvalue weighted by Crippen LogP contribution is -2.48. The number of hydrogen-bond acceptors (Lipinski definition) is 12. The van der Waals surface area contributed by atoms with E-state index >= 15 is 0 Å². The van der Waals surface area contributed by atoms with Crippen molar-refractivity contribution in [3.8, 4) is 0 Å². The Morgan fingerprint density at radius 1 is 1.37 bits per heavy atom. The van der Waals surface area contributed by atoms with Gasteiger partial charge in [0.25, 0.3) is 0 Å². The Kier molecular flexibility index (Phi) is 5.07. The van der Waals surface area contributed by atoms with Gasteiger partial charge in [0.1, 0.15) is 12.1 Å². The predicted molar refractivity (Wildman–Crippen MR) is 82.6 cm³/mol. The maximum Gasteiger partial charge on any atom is 0.418 e. The van der Waals surface area contributed by atoms with Crippen LogP contribution in [0.4, 0.5) is 5.82 Å². The second-order valence-corrected chi connectivity index (χ2v) is 5.80. The van der Waals surface area contributed by atoms with Crippen LogP contribution in [-0.4, -0.2) is 63.5 Å². The third-order valence-electron chi connectivity index (χ3n) is 3.85. The topological polar surface area (TPSA) is 181 Å². The highest BCUT2D eigenvalue weighted by molar-refractivity contribution is 6.30. The highest BCUT2D eigenvalue weighted by Gasteiger charge is 2.54. The van der Waals surface area contributed by atoms with Gasteiger partial charge in [-0.2, -0.15) is 4.98 Å². The van der Waals surface area contributed by atoms with Crippen molar-refractivity contribution < 1.29 is 38.5 Å². The summed E-state index contributed by atoms with van der Waals surface area (Å²) in [5.41, 5.74) is 6.67. The molecule has 2 fully saturated rings. The Morgan fingerprint density at radius 3 is 2.63 bits per heavy atom. The summed E-state index contributed by atoms with van der Waals surface area (Å²) in [6.45, 7) is 0.886. The smallest absolute Gasteiger partial charge is 0.418 e. The van der Waals surface area contributed by atoms with Crippen molar-refractivity contribution in [2.24, 2.45) is 5.73 Å². The second-order valence-electron chi connectivity index (χ2n) is 5.80. The van der Waals surface area contributed by atoms with Crippen molar-refractivity contribution in [3.05, 3.63) is 22.7 Å². The number of aliphatic hydroxyl groups is 1. The van der Waals surface area contributed by atoms with E-state index in [2.05, 4.69) is 15.3 Å². The molecule has 146 valence electrons. The largest absolute Gasteiger partial charge is 0.447 e. The van der Waals surface area contributed by atoms with Gasteiger partial charge in [-0.3, -0.25) is 4.57 Å². The van der Waals surface area contributed by atoms with Crippen molar-refractivity contribution >= 4 is 23.7 Å². The summed E-state index contributed by atoms with van der Waals surface area (Å²) in [5, 5.41) is 9.37. The first-order valence-corrected chi connectivity index (χ1v) is 7.81. The molecule has 0 radical (unpaired) electrons. The molecule has 2 aliphatic heterocycles. The Bertz CT molecular complexity index is 823. The highest BCUT2D eigenvalue weighted by Crippen LogP contribution is 2.35. The number of carbonyl (C=O) groups is 3. The first-order chi connectivity index (χ1) is 12.8. The molecule has 0 spiro atoms. The van der Waals surface area contributed by atoms with Crippen LogP contribution >= 0.6 is 0 Å². The van der Waals surface area contributed by atoms with Gasteiger partial charge in [-0.25, -0.2) is 24.7 Å². The first-order valence-electron chi connectivity index (χ1n) is 7.81. The van der Waals surface area contributed by atoms with E-state index in [0.29, 0.717) is 0 Å². The normalized spacial score (nSPS) is 28.0. The number of nitrogens with zero attached hydrogens (tertiary/aromatic N) is 2. The van der Waals surface area contributed by atoms with Gasteiger partial charge < -0.3 is 29.9 Å². The maximum absolute atomic E-state index is 12.3. The Morgan fingerprint density at radius 2 is 2.04 bits per heavy atom. The molecule has 0 unspecified atom stereocenters. The van der Waals surface area contributed by atoms with Gasteiger partial charge in [-0.05, 0) is 6.92 Å². The number of ether oxygens (including phenoxy) is 3. The molecule has 3 rings (SSSR count). The van der Waals surface area contributed by atoms with Gasteiger partial charge in [-0.15, -0.1) is 0 Å². The standard InChI is InChI=1S/C14H16N4O9/c1-5(15)11(20)27-17-7-2-3-18(14(23)16-7)10-9-8(6(4-19)24-10)25-12(21)13(22)26-9/h2-3,5-6,8-10,19H,4,15H2,1H3,(H,16,17,23)/t5-,6-,8-,9-,10-/m1/s1. The molecule has 3 heterocycles. The number of fused-ring (bicyclic) bond motifs is 1. The lowest BCUT2D eigenvalue weighted by Gasteiger charge is -2.27. The number of aromatic nitrogens is 2. The molecule has 0 bridgehead atoms. The number of hydrogen-bond donors (Lipinski definition) is 3. The zero-order chi connectivity index (χ0) is 19.7. The summed E-state index contributed by atoms with van der Waals surface area (Å²) < 4.78 is 16.4. The molecule has 13 nitrogen and oxygen atoms in total. The van der Waals surface area contributed by atoms with Crippen LogP contribution in [0.25, 0.3) is 0 Å². The first kappa shape index (κ1) is 18.8. The quantitative estimate of drug-likeness (QED) is 0.205. The average Bonchev–Trinajstić information content (AvgIpc) is 2.97. The van der Waals surface area contributed by atoms with Gasteiger partial charge in [0.05, 0.1) is 6.61 Å². The summed E-state index contributed by atoms with van der Waals surface area (Å²) in [4.78, 5) is 54.7. The summed E-state index contributed by atoms with van der Waals surface area (Å²) in [6, 6.07) is 0.415. The molecular weight excluding hydrogens is 368 g/mol. The van der Waals surface area contributed by atoms with Crippen molar-refractivity contribution in [2.75, 3.05) is 12.1 Å². The highest BCUT2D eigenvalue weighted by atomic mass is 16.7. The summed E-state index contributed by atoms with van der Waals surface area (Å²) in [6.07, 6.45) is -3.13. The molecular formula is C14H16N4O9. The summed E-state index contributed by atoms with van der Waals surface area (Å²) in [7, 11) is 0. The molecule has 1 aromatic heterocycles. The number of carbonyl (C=O) groups excluding carboxylic acids is 3. The van der Waals surface area contributed by atoms with Gasteiger partial charge >= 0.3 is 23.6 Å². The third-order valence-corrected chi connectivity index (χ3v) is 3.85. The monoisotopic (exact) mass is 384 g/mol. The van der Waals surface area contributed by atoms with E-state index in [1.807, 2.05) is 0 Å². The van der Waals surface area contributed by atoms with Gasteiger partial charge in [0.2, 0.25) is 0 Å². The Balaban J connectivity index is 1.79. The van der Waals surface area contributed by atoms with E-state index in [1.165, 1.54) is 19.2 Å². The minimum Gasteiger partial charge on any atom is -0.447 e. The molecule has 0 saturated carbocycles. The fraction of sp³-hybridized carbons (Fsp3) is 0.500. The number of aliphatic hydroxyl groups excluding tert-OH is 1. The van der Waals surface area contributed by atoms with Crippen LogP contribution in [0.15, 0.2) is 17.1 Å². The van der Waals surface area contributed by atoms with Crippen LogP contribution in [-0.2, 0) is 33.4 Å². The van der Waals surface area contributed by atoms with Crippen LogP contribution in [0.2, 0.25) is 0 Å². The van der Waals surface area contributed by atoms with E-state index in [9.17, 15) is 24.3 Å². The van der Waals surface area contributed by atoms with E-state index < -0.39 is 60.8 Å². The molecule has 5 atom stereocenters. The predicted octanol–water partition coefficient (Wildman–Crippen LogP) is -2.81. The summed E-state index contributed by atoms with van der Waals surface area (Å²) in [5.74, 6) is -3.28. The zero-order valence-electron chi connectivity index (χ0n) is 13.9. The molecule has 0 aromatic carbocycles. The molecule has 2 aliphatic rings. The van der Waals surface area contributed by atoms with Crippen LogP contribution in [0.5, 0.6) is 0 Å². The third kappa shape index (κ3) is 3.60. The molecule has 4 N–H and O–H groups in total. The van der Waals surface area contributed by atoms with Crippen LogP contribution in [0.1, 0.15) is 13.2 Å². The van der Waals surface area contributed by atoms with Gasteiger partial charge in [0, 0.05) is 12.3 Å². The summed E-state index contributed by atoms with van der Waals surface area (Å²) >= 11 is 0. The number of anilines is 1. The van der Waals surface area contributed by atoms with E-state index in [0.717, 1.165) is 4.57 Å². The lowest BCUT2D eigenvalue weighted by atomic mass is 10.1. The molecule has 2 saturated heterocycles. The number of esters is 2. The molecule has 0 aliphatic carbocycles. The van der Waals surface area contributed by atoms with Crippen molar-refractivity contribution in [3.63, 3.8) is 0 Å². The number of nitrogens with one attached hydrogen (secondary N) is 1. The van der Waals surface area contributed by atoms with Crippen molar-refractivity contribution in [1.82, 2.24) is 9.55 Å². The fourth-order valence-corrected chi connectivity index (χ4v) is 2.55. The second kappa shape index (κ2) is 7.30. The minimum absolute atomic E-state index is 0.0782. The van der Waals surface area contributed by atoms with Crippen LogP contribution < -0.4 is 16.9 Å².